The summed E-state index contributed by atoms with van der Waals surface area (Å²) in [6.07, 6.45) is 1.61. The molecule has 1 unspecified atom stereocenters. The first-order valence-corrected chi connectivity index (χ1v) is 6.57. The maximum absolute atomic E-state index is 12.3. The number of nitro benzene ring substituents is 1. The number of ether oxygens (including phenoxy) is 1. The van der Waals surface area contributed by atoms with Crippen LogP contribution in [0.1, 0.15) is 18.7 Å². The quantitative estimate of drug-likeness (QED) is 0.675. The number of benzene rings is 1. The third-order valence-electron chi connectivity index (χ3n) is 3.22. The zero-order valence-corrected chi connectivity index (χ0v) is 12.4. The molecule has 0 saturated heterocycles. The van der Waals surface area contributed by atoms with Gasteiger partial charge in [-0.2, -0.15) is 5.10 Å². The molecular weight excluding hydrogens is 288 g/mol. The summed E-state index contributed by atoms with van der Waals surface area (Å²) in [7, 11) is 1.40. The second kappa shape index (κ2) is 6.25. The molecule has 2 rings (SSSR count). The molecule has 0 saturated carbocycles. The van der Waals surface area contributed by atoms with Crippen LogP contribution >= 0.6 is 0 Å². The van der Waals surface area contributed by atoms with E-state index < -0.39 is 11.0 Å². The molecule has 22 heavy (non-hydrogen) atoms. The first kappa shape index (κ1) is 15.5. The van der Waals surface area contributed by atoms with Crippen molar-refractivity contribution in [3.8, 4) is 5.75 Å². The number of nitro groups is 1. The largest absolute Gasteiger partial charge is 0.496 e. The highest BCUT2D eigenvalue weighted by molar-refractivity contribution is 5.94. The number of aryl methyl sites for hydroxylation is 1. The SMILES string of the molecule is COc1cc(NC(=O)C(C)n2nccc2C)cc([N+](=O)[O-])c1. The Labute approximate surface area is 126 Å². The lowest BCUT2D eigenvalue weighted by Crippen LogP contribution is -2.25. The standard InChI is InChI=1S/C14H16N4O4/c1-9-4-5-15-17(9)10(2)14(19)16-11-6-12(18(20)21)8-13(7-11)22-3/h4-8,10H,1-3H3,(H,16,19). The van der Waals surface area contributed by atoms with Crippen molar-refractivity contribution in [1.29, 1.82) is 0 Å². The molecule has 1 N–H and O–H groups in total. The van der Waals surface area contributed by atoms with Gasteiger partial charge in [-0.1, -0.05) is 0 Å². The van der Waals surface area contributed by atoms with Gasteiger partial charge >= 0.3 is 0 Å². The predicted molar refractivity (Wildman–Crippen MR) is 80.0 cm³/mol. The molecule has 1 amide bonds. The van der Waals surface area contributed by atoms with E-state index in [4.69, 9.17) is 4.74 Å². The maximum Gasteiger partial charge on any atom is 0.275 e. The van der Waals surface area contributed by atoms with Gasteiger partial charge in [0.05, 0.1) is 23.8 Å². The molecule has 1 atom stereocenters. The summed E-state index contributed by atoms with van der Waals surface area (Å²) in [4.78, 5) is 22.6. The van der Waals surface area contributed by atoms with Crippen LogP contribution in [-0.4, -0.2) is 27.7 Å². The topological polar surface area (TPSA) is 99.3 Å². The van der Waals surface area contributed by atoms with Crippen molar-refractivity contribution in [2.24, 2.45) is 0 Å². The fourth-order valence-corrected chi connectivity index (χ4v) is 2.02. The summed E-state index contributed by atoms with van der Waals surface area (Å²) in [5.41, 5.74) is 0.990. The van der Waals surface area contributed by atoms with E-state index in [0.717, 1.165) is 5.69 Å². The summed E-state index contributed by atoms with van der Waals surface area (Å²) in [6.45, 7) is 3.54. The van der Waals surface area contributed by atoms with E-state index in [1.165, 1.54) is 25.3 Å². The molecule has 1 aromatic heterocycles. The minimum Gasteiger partial charge on any atom is -0.496 e. The summed E-state index contributed by atoms with van der Waals surface area (Å²) >= 11 is 0. The second-order valence-corrected chi connectivity index (χ2v) is 4.76. The molecule has 0 fully saturated rings. The van der Waals surface area contributed by atoms with Gasteiger partial charge in [-0.05, 0) is 19.9 Å². The monoisotopic (exact) mass is 304 g/mol. The van der Waals surface area contributed by atoms with Gasteiger partial charge in [-0.25, -0.2) is 0 Å². The van der Waals surface area contributed by atoms with Crippen LogP contribution in [0.5, 0.6) is 5.75 Å². The number of hydrogen-bond donors (Lipinski definition) is 1. The van der Waals surface area contributed by atoms with Crippen molar-refractivity contribution in [3.63, 3.8) is 0 Å². The molecule has 0 aliphatic heterocycles. The van der Waals surface area contributed by atoms with E-state index in [1.54, 1.807) is 23.9 Å². The Morgan fingerprint density at radius 1 is 1.45 bits per heavy atom. The molecular formula is C14H16N4O4. The van der Waals surface area contributed by atoms with Gasteiger partial charge in [0, 0.05) is 24.0 Å². The predicted octanol–water partition coefficient (Wildman–Crippen LogP) is 2.31. The molecule has 0 aliphatic carbocycles. The lowest BCUT2D eigenvalue weighted by Gasteiger charge is -2.14. The Morgan fingerprint density at radius 2 is 2.18 bits per heavy atom. The van der Waals surface area contributed by atoms with Crippen LogP contribution in [-0.2, 0) is 4.79 Å². The Morgan fingerprint density at radius 3 is 2.73 bits per heavy atom. The van der Waals surface area contributed by atoms with Crippen molar-refractivity contribution in [1.82, 2.24) is 9.78 Å². The van der Waals surface area contributed by atoms with E-state index in [0.29, 0.717) is 11.4 Å². The van der Waals surface area contributed by atoms with Crippen molar-refractivity contribution < 1.29 is 14.5 Å². The van der Waals surface area contributed by atoms with Crippen LogP contribution in [0.2, 0.25) is 0 Å². The highest BCUT2D eigenvalue weighted by Gasteiger charge is 2.18. The number of amides is 1. The Balaban J connectivity index is 2.23. The van der Waals surface area contributed by atoms with E-state index in [1.807, 2.05) is 6.92 Å². The Kier molecular flexibility index (Phi) is 4.40. The maximum atomic E-state index is 12.3. The number of nitrogens with one attached hydrogen (secondary N) is 1. The number of aromatic nitrogens is 2. The summed E-state index contributed by atoms with van der Waals surface area (Å²) in [6, 6.07) is 5.34. The first-order valence-electron chi connectivity index (χ1n) is 6.57. The normalized spacial score (nSPS) is 11.8. The molecule has 8 heteroatoms. The van der Waals surface area contributed by atoms with Crippen LogP contribution in [0.15, 0.2) is 30.5 Å². The Hall–Kier alpha value is -2.90. The van der Waals surface area contributed by atoms with Crippen molar-refractivity contribution in [3.05, 3.63) is 46.3 Å². The molecule has 8 nitrogen and oxygen atoms in total. The van der Waals surface area contributed by atoms with E-state index in [2.05, 4.69) is 10.4 Å². The fraction of sp³-hybridized carbons (Fsp3) is 0.286. The number of carbonyl (C=O) groups is 1. The van der Waals surface area contributed by atoms with Gasteiger partial charge in [0.2, 0.25) is 5.91 Å². The number of hydrogen-bond acceptors (Lipinski definition) is 5. The van der Waals surface area contributed by atoms with Crippen molar-refractivity contribution >= 4 is 17.3 Å². The van der Waals surface area contributed by atoms with Crippen LogP contribution in [0.25, 0.3) is 0 Å². The minimum absolute atomic E-state index is 0.155. The molecule has 2 aromatic rings. The Bertz CT molecular complexity index is 711. The van der Waals surface area contributed by atoms with E-state index in [9.17, 15) is 14.9 Å². The highest BCUT2D eigenvalue weighted by atomic mass is 16.6. The number of methoxy groups -OCH3 is 1. The molecule has 0 aliphatic rings. The highest BCUT2D eigenvalue weighted by Crippen LogP contribution is 2.26. The molecule has 1 aromatic carbocycles. The smallest absolute Gasteiger partial charge is 0.275 e. The number of nitrogens with zero attached hydrogens (tertiary/aromatic N) is 3. The molecule has 1 heterocycles. The molecule has 0 bridgehead atoms. The molecule has 116 valence electrons. The summed E-state index contributed by atoms with van der Waals surface area (Å²) in [5.74, 6) is -0.0261. The van der Waals surface area contributed by atoms with Gasteiger partial charge in [-0.3, -0.25) is 19.6 Å². The number of anilines is 1. The van der Waals surface area contributed by atoms with Crippen LogP contribution in [0.3, 0.4) is 0 Å². The molecule has 0 spiro atoms. The van der Waals surface area contributed by atoms with Crippen LogP contribution < -0.4 is 10.1 Å². The zero-order chi connectivity index (χ0) is 16.3. The first-order chi connectivity index (χ1) is 10.4. The van der Waals surface area contributed by atoms with Gasteiger partial charge < -0.3 is 10.1 Å². The van der Waals surface area contributed by atoms with Gasteiger partial charge in [0.1, 0.15) is 11.8 Å². The van der Waals surface area contributed by atoms with E-state index >= 15 is 0 Å². The van der Waals surface area contributed by atoms with Crippen LogP contribution in [0, 0.1) is 17.0 Å². The average molecular weight is 304 g/mol. The van der Waals surface area contributed by atoms with Crippen molar-refractivity contribution in [2.75, 3.05) is 12.4 Å². The van der Waals surface area contributed by atoms with Gasteiger partial charge in [0.15, 0.2) is 0 Å². The third-order valence-corrected chi connectivity index (χ3v) is 3.22. The second-order valence-electron chi connectivity index (χ2n) is 4.76. The average Bonchev–Trinajstić information content (AvgIpc) is 2.91. The van der Waals surface area contributed by atoms with E-state index in [-0.39, 0.29) is 11.6 Å². The van der Waals surface area contributed by atoms with Gasteiger partial charge in [-0.15, -0.1) is 0 Å². The lowest BCUT2D eigenvalue weighted by molar-refractivity contribution is -0.384. The number of carbonyl (C=O) groups excluding carboxylic acids is 1. The van der Waals surface area contributed by atoms with Crippen molar-refractivity contribution in [2.45, 2.75) is 19.9 Å². The third kappa shape index (κ3) is 3.22. The zero-order valence-electron chi connectivity index (χ0n) is 12.4. The fourth-order valence-electron chi connectivity index (χ4n) is 2.02. The molecule has 0 radical (unpaired) electrons. The summed E-state index contributed by atoms with van der Waals surface area (Å²) < 4.78 is 6.58. The number of non-ortho nitro benzene ring substituents is 1. The van der Waals surface area contributed by atoms with Crippen LogP contribution in [0.4, 0.5) is 11.4 Å². The lowest BCUT2D eigenvalue weighted by atomic mass is 10.2. The minimum atomic E-state index is -0.542. The van der Waals surface area contributed by atoms with Gasteiger partial charge in [0.25, 0.3) is 5.69 Å². The summed E-state index contributed by atoms with van der Waals surface area (Å²) in [5, 5.41) is 17.6. The number of rotatable bonds is 5.